The van der Waals surface area contributed by atoms with E-state index in [9.17, 15) is 5.11 Å². The van der Waals surface area contributed by atoms with E-state index in [1.54, 1.807) is 12.3 Å². The van der Waals surface area contributed by atoms with Gasteiger partial charge in [-0.3, -0.25) is 0 Å². The van der Waals surface area contributed by atoms with Crippen LogP contribution in [0.5, 0.6) is 5.75 Å². The second-order valence-corrected chi connectivity index (χ2v) is 6.27. The van der Waals surface area contributed by atoms with Crippen LogP contribution in [-0.4, -0.2) is 16.3 Å². The van der Waals surface area contributed by atoms with Gasteiger partial charge in [0.05, 0.1) is 6.21 Å². The van der Waals surface area contributed by atoms with Gasteiger partial charge in [-0.25, -0.2) is 4.58 Å². The van der Waals surface area contributed by atoms with E-state index in [1.807, 2.05) is 43.5 Å². The lowest BCUT2D eigenvalue weighted by molar-refractivity contribution is 0.475. The van der Waals surface area contributed by atoms with Crippen molar-refractivity contribution in [1.29, 1.82) is 0 Å². The van der Waals surface area contributed by atoms with Gasteiger partial charge in [-0.15, -0.1) is 0 Å². The minimum Gasteiger partial charge on any atom is -0.508 e. The number of rotatable bonds is 3. The highest BCUT2D eigenvalue weighted by Crippen LogP contribution is 2.34. The zero-order valence-electron chi connectivity index (χ0n) is 15.1. The summed E-state index contributed by atoms with van der Waals surface area (Å²) >= 11 is 0. The van der Waals surface area contributed by atoms with Gasteiger partial charge in [0.15, 0.2) is 0 Å². The van der Waals surface area contributed by atoms with Crippen molar-refractivity contribution in [1.82, 2.24) is 9.56 Å². The van der Waals surface area contributed by atoms with Crippen molar-refractivity contribution in [3.8, 4) is 16.9 Å². The van der Waals surface area contributed by atoms with Crippen LogP contribution < -0.4 is 4.58 Å². The molecule has 3 rings (SSSR count). The first-order chi connectivity index (χ1) is 12.0. The van der Waals surface area contributed by atoms with Crippen LogP contribution in [0.15, 0.2) is 54.7 Å². The number of hydrogen-bond acceptors (Lipinski definition) is 2. The highest BCUT2D eigenvalue weighted by Gasteiger charge is 2.18. The SMILES string of the molecule is CC=[N+](c1ccccn1)c1c(C)cc(-c2cc(O)ccc2C)cc1C. The molecule has 3 nitrogen and oxygen atoms in total. The van der Waals surface area contributed by atoms with E-state index < -0.39 is 0 Å². The Balaban J connectivity index is 2.14. The third-order valence-electron chi connectivity index (χ3n) is 4.42. The lowest BCUT2D eigenvalue weighted by Crippen LogP contribution is -2.09. The Kier molecular flexibility index (Phi) is 4.66. The summed E-state index contributed by atoms with van der Waals surface area (Å²) < 4.78 is 2.11. The zero-order valence-corrected chi connectivity index (χ0v) is 15.1. The van der Waals surface area contributed by atoms with Crippen LogP contribution in [0.4, 0.5) is 11.5 Å². The van der Waals surface area contributed by atoms with Gasteiger partial charge in [-0.05, 0) is 90.8 Å². The number of nitrogens with zero attached hydrogens (tertiary/aromatic N) is 2. The topological polar surface area (TPSA) is 36.1 Å². The van der Waals surface area contributed by atoms with Crippen molar-refractivity contribution < 1.29 is 5.11 Å². The third-order valence-corrected chi connectivity index (χ3v) is 4.42. The molecule has 0 spiro atoms. The van der Waals surface area contributed by atoms with Crippen molar-refractivity contribution in [3.63, 3.8) is 0 Å². The number of aromatic hydroxyl groups is 1. The number of phenolic OH excluding ortho intramolecular Hbond substituents is 1. The average molecular weight is 331 g/mol. The van der Waals surface area contributed by atoms with E-state index in [0.29, 0.717) is 0 Å². The van der Waals surface area contributed by atoms with E-state index >= 15 is 0 Å². The van der Waals surface area contributed by atoms with Gasteiger partial charge < -0.3 is 5.11 Å². The molecule has 0 unspecified atom stereocenters. The number of aromatic nitrogens is 1. The number of pyridine rings is 1. The van der Waals surface area contributed by atoms with Crippen LogP contribution in [0.1, 0.15) is 23.6 Å². The Labute approximate surface area is 148 Å². The Morgan fingerprint density at radius 2 is 1.64 bits per heavy atom. The lowest BCUT2D eigenvalue weighted by atomic mass is 9.95. The molecule has 0 saturated carbocycles. The molecule has 1 heterocycles. The van der Waals surface area contributed by atoms with E-state index in [1.165, 1.54) is 11.1 Å². The smallest absolute Gasteiger partial charge is 0.327 e. The summed E-state index contributed by atoms with van der Waals surface area (Å²) in [7, 11) is 0. The first-order valence-electron chi connectivity index (χ1n) is 8.42. The molecule has 3 aromatic rings. The van der Waals surface area contributed by atoms with Crippen molar-refractivity contribution in [2.24, 2.45) is 0 Å². The summed E-state index contributed by atoms with van der Waals surface area (Å²) in [4.78, 5) is 4.48. The molecule has 0 saturated heterocycles. The molecule has 0 bridgehead atoms. The standard InChI is InChI=1S/C22H22N2O/c1-5-24(21-8-6-7-11-23-21)22-16(3)12-18(13-17(22)4)20-14-19(25)10-9-15(20)2/h5-14H,1-4H3/p+1. The molecule has 2 aromatic carbocycles. The van der Waals surface area contributed by atoms with E-state index in [-0.39, 0.29) is 5.75 Å². The maximum Gasteiger partial charge on any atom is 0.327 e. The lowest BCUT2D eigenvalue weighted by Gasteiger charge is -2.14. The van der Waals surface area contributed by atoms with Gasteiger partial charge in [0.1, 0.15) is 17.6 Å². The number of phenols is 1. The van der Waals surface area contributed by atoms with Crippen LogP contribution in [0, 0.1) is 20.8 Å². The predicted octanol–water partition coefficient (Wildman–Crippen LogP) is 5.30. The summed E-state index contributed by atoms with van der Waals surface area (Å²) in [6, 6.07) is 15.8. The summed E-state index contributed by atoms with van der Waals surface area (Å²) in [5.41, 5.74) is 6.80. The van der Waals surface area contributed by atoms with E-state index in [2.05, 4.69) is 42.5 Å². The Morgan fingerprint density at radius 3 is 2.24 bits per heavy atom. The fourth-order valence-corrected chi connectivity index (χ4v) is 3.28. The van der Waals surface area contributed by atoms with E-state index in [4.69, 9.17) is 0 Å². The van der Waals surface area contributed by atoms with Gasteiger partial charge in [0, 0.05) is 6.07 Å². The second kappa shape index (κ2) is 6.89. The Bertz CT molecular complexity index is 920. The van der Waals surface area contributed by atoms with Crippen LogP contribution >= 0.6 is 0 Å². The molecule has 0 aliphatic rings. The molecule has 0 aliphatic carbocycles. The fourth-order valence-electron chi connectivity index (χ4n) is 3.28. The maximum absolute atomic E-state index is 9.85. The summed E-state index contributed by atoms with van der Waals surface area (Å²) in [6.07, 6.45) is 3.85. The molecule has 3 heteroatoms. The zero-order chi connectivity index (χ0) is 18.0. The van der Waals surface area contributed by atoms with Gasteiger partial charge in [-0.2, -0.15) is 0 Å². The third kappa shape index (κ3) is 3.31. The van der Waals surface area contributed by atoms with Crippen molar-refractivity contribution >= 4 is 17.7 Å². The first kappa shape index (κ1) is 16.9. The van der Waals surface area contributed by atoms with Gasteiger partial charge in [0.25, 0.3) is 0 Å². The monoisotopic (exact) mass is 331 g/mol. The molecule has 1 aromatic heterocycles. The highest BCUT2D eigenvalue weighted by atomic mass is 16.3. The quantitative estimate of drug-likeness (QED) is 0.522. The van der Waals surface area contributed by atoms with Crippen molar-refractivity contribution in [2.75, 3.05) is 0 Å². The molecule has 0 fully saturated rings. The molecule has 0 aliphatic heterocycles. The molecule has 1 N–H and O–H groups in total. The van der Waals surface area contributed by atoms with Crippen LogP contribution in [-0.2, 0) is 0 Å². The van der Waals surface area contributed by atoms with Crippen molar-refractivity contribution in [2.45, 2.75) is 27.7 Å². The largest absolute Gasteiger partial charge is 0.508 e. The number of aryl methyl sites for hydroxylation is 3. The predicted molar refractivity (Wildman–Crippen MR) is 105 cm³/mol. The van der Waals surface area contributed by atoms with E-state index in [0.717, 1.165) is 28.2 Å². The molecule has 25 heavy (non-hydrogen) atoms. The fraction of sp³-hybridized carbons (Fsp3) is 0.182. The summed E-state index contributed by atoms with van der Waals surface area (Å²) in [6.45, 7) is 8.31. The summed E-state index contributed by atoms with van der Waals surface area (Å²) in [5, 5.41) is 9.85. The molecular formula is C22H23N2O+. The molecule has 126 valence electrons. The van der Waals surface area contributed by atoms with Crippen molar-refractivity contribution in [3.05, 3.63) is 71.4 Å². The average Bonchev–Trinajstić information content (AvgIpc) is 2.60. The van der Waals surface area contributed by atoms with Gasteiger partial charge in [-0.1, -0.05) is 12.1 Å². The van der Waals surface area contributed by atoms with Crippen LogP contribution in [0.2, 0.25) is 0 Å². The number of hydrogen-bond donors (Lipinski definition) is 1. The normalized spacial score (nSPS) is 11.6. The molecular weight excluding hydrogens is 308 g/mol. The van der Waals surface area contributed by atoms with Crippen LogP contribution in [0.3, 0.4) is 0 Å². The molecule has 0 atom stereocenters. The maximum atomic E-state index is 9.85. The number of benzene rings is 2. The molecule has 0 amide bonds. The Morgan fingerprint density at radius 1 is 0.920 bits per heavy atom. The van der Waals surface area contributed by atoms with Gasteiger partial charge >= 0.3 is 5.82 Å². The van der Waals surface area contributed by atoms with Crippen LogP contribution in [0.25, 0.3) is 11.1 Å². The highest BCUT2D eigenvalue weighted by molar-refractivity contribution is 5.77. The minimum absolute atomic E-state index is 0.289. The van der Waals surface area contributed by atoms with Gasteiger partial charge in [0.2, 0.25) is 0 Å². The molecule has 0 radical (unpaired) electrons. The first-order valence-corrected chi connectivity index (χ1v) is 8.42. The minimum atomic E-state index is 0.289. The summed E-state index contributed by atoms with van der Waals surface area (Å²) in [5.74, 6) is 1.19. The Hall–Kier alpha value is -2.94. The second-order valence-electron chi connectivity index (χ2n) is 6.27.